The molecule has 3 rings (SSSR count). The van der Waals surface area contributed by atoms with Crippen LogP contribution in [0.5, 0.6) is 0 Å². The number of benzene rings is 1. The number of hydrogen-bond acceptors (Lipinski definition) is 3. The number of carbonyl (C=O) groups excluding carboxylic acids is 2. The number of halogens is 2. The average molecular weight is 355 g/mol. The molecule has 2 saturated heterocycles. The largest absolute Gasteiger partial charge is 0.447 e. The van der Waals surface area contributed by atoms with Gasteiger partial charge in [-0.2, -0.15) is 0 Å². The third kappa shape index (κ3) is 3.20. The Morgan fingerprint density at radius 2 is 2.17 bits per heavy atom. The Labute approximate surface area is 145 Å². The maximum Gasteiger partial charge on any atom is 0.410 e. The molecule has 0 aliphatic carbocycles. The number of ether oxygens (including phenoxy) is 1. The van der Waals surface area contributed by atoms with Gasteiger partial charge >= 0.3 is 6.09 Å². The molecule has 2 amide bonds. The van der Waals surface area contributed by atoms with E-state index in [2.05, 4.69) is 0 Å². The smallest absolute Gasteiger partial charge is 0.410 e. The van der Waals surface area contributed by atoms with E-state index in [1.165, 1.54) is 12.1 Å². The molecule has 0 N–H and O–H groups in total. The van der Waals surface area contributed by atoms with Gasteiger partial charge in [0.2, 0.25) is 5.91 Å². The zero-order valence-corrected chi connectivity index (χ0v) is 14.4. The van der Waals surface area contributed by atoms with Crippen LogP contribution in [0.4, 0.5) is 9.18 Å². The predicted octanol–water partition coefficient (Wildman–Crippen LogP) is 3.20. The molecular formula is C17H20ClFN2O3. The minimum atomic E-state index is -0.405. The Balaban J connectivity index is 1.73. The summed E-state index contributed by atoms with van der Waals surface area (Å²) in [5, 5.41) is 0.306. The van der Waals surface area contributed by atoms with Crippen molar-refractivity contribution in [2.45, 2.75) is 51.4 Å². The SMILES string of the molecule is CC(C)OC(=O)N1CC[C@H]2[C@@H]1CC(=O)N2Cc1ccc(F)cc1Cl. The van der Waals surface area contributed by atoms with Crippen LogP contribution in [-0.4, -0.2) is 46.5 Å². The number of rotatable bonds is 3. The molecule has 2 aliphatic heterocycles. The van der Waals surface area contributed by atoms with Crippen molar-refractivity contribution in [1.82, 2.24) is 9.80 Å². The van der Waals surface area contributed by atoms with Crippen molar-refractivity contribution in [1.29, 1.82) is 0 Å². The predicted molar refractivity (Wildman–Crippen MR) is 87.1 cm³/mol. The van der Waals surface area contributed by atoms with Gasteiger partial charge in [-0.3, -0.25) is 4.79 Å². The van der Waals surface area contributed by atoms with Crippen LogP contribution in [-0.2, 0) is 16.1 Å². The summed E-state index contributed by atoms with van der Waals surface area (Å²) < 4.78 is 18.4. The molecule has 5 nitrogen and oxygen atoms in total. The number of nitrogens with zero attached hydrogens (tertiary/aromatic N) is 2. The van der Waals surface area contributed by atoms with Crippen molar-refractivity contribution in [3.8, 4) is 0 Å². The highest BCUT2D eigenvalue weighted by Crippen LogP contribution is 2.35. The first-order valence-electron chi connectivity index (χ1n) is 8.07. The summed E-state index contributed by atoms with van der Waals surface area (Å²) in [5.41, 5.74) is 0.704. The highest BCUT2D eigenvalue weighted by molar-refractivity contribution is 6.31. The highest BCUT2D eigenvalue weighted by Gasteiger charge is 2.48. The molecule has 24 heavy (non-hydrogen) atoms. The minimum Gasteiger partial charge on any atom is -0.447 e. The Morgan fingerprint density at radius 3 is 2.83 bits per heavy atom. The van der Waals surface area contributed by atoms with Crippen molar-refractivity contribution in [3.63, 3.8) is 0 Å². The van der Waals surface area contributed by atoms with Crippen molar-refractivity contribution < 1.29 is 18.7 Å². The minimum absolute atomic E-state index is 0.0209. The van der Waals surface area contributed by atoms with Crippen molar-refractivity contribution in [2.75, 3.05) is 6.54 Å². The number of fused-ring (bicyclic) bond motifs is 1. The number of likely N-dealkylation sites (tertiary alicyclic amines) is 2. The molecule has 2 aliphatic rings. The Hall–Kier alpha value is -1.82. The van der Waals surface area contributed by atoms with Crippen molar-refractivity contribution in [3.05, 3.63) is 34.6 Å². The molecule has 7 heteroatoms. The van der Waals surface area contributed by atoms with E-state index >= 15 is 0 Å². The summed E-state index contributed by atoms with van der Waals surface area (Å²) in [7, 11) is 0. The van der Waals surface area contributed by atoms with Crippen LogP contribution in [0.15, 0.2) is 18.2 Å². The lowest BCUT2D eigenvalue weighted by Gasteiger charge is -2.26. The van der Waals surface area contributed by atoms with Gasteiger partial charge in [0.05, 0.1) is 18.2 Å². The van der Waals surface area contributed by atoms with Crippen LogP contribution in [0, 0.1) is 5.82 Å². The Kier molecular flexibility index (Phi) is 4.67. The van der Waals surface area contributed by atoms with E-state index in [4.69, 9.17) is 16.3 Å². The molecule has 0 saturated carbocycles. The van der Waals surface area contributed by atoms with Crippen molar-refractivity contribution >= 4 is 23.6 Å². The molecule has 0 aromatic heterocycles. The number of hydrogen-bond donors (Lipinski definition) is 0. The van der Waals surface area contributed by atoms with Crippen LogP contribution in [0.25, 0.3) is 0 Å². The molecule has 130 valence electrons. The van der Waals surface area contributed by atoms with Gasteiger partial charge in [0.25, 0.3) is 0 Å². The third-order valence-corrected chi connectivity index (χ3v) is 4.89. The topological polar surface area (TPSA) is 49.9 Å². The summed E-state index contributed by atoms with van der Waals surface area (Å²) >= 11 is 6.07. The summed E-state index contributed by atoms with van der Waals surface area (Å²) in [6.45, 7) is 4.50. The molecule has 0 radical (unpaired) electrons. The zero-order valence-electron chi connectivity index (χ0n) is 13.7. The van der Waals surface area contributed by atoms with E-state index in [9.17, 15) is 14.0 Å². The van der Waals surface area contributed by atoms with E-state index in [0.29, 0.717) is 30.1 Å². The van der Waals surface area contributed by atoms with E-state index in [1.807, 2.05) is 0 Å². The third-order valence-electron chi connectivity index (χ3n) is 4.54. The zero-order chi connectivity index (χ0) is 17.4. The molecule has 0 spiro atoms. The lowest BCUT2D eigenvalue weighted by Crippen LogP contribution is -2.40. The first kappa shape index (κ1) is 17.0. The van der Waals surface area contributed by atoms with E-state index in [-0.39, 0.29) is 36.6 Å². The van der Waals surface area contributed by atoms with Gasteiger partial charge in [0.1, 0.15) is 5.82 Å². The summed E-state index contributed by atoms with van der Waals surface area (Å²) in [6.07, 6.45) is 0.439. The van der Waals surface area contributed by atoms with E-state index in [1.54, 1.807) is 29.7 Å². The number of amides is 2. The quantitative estimate of drug-likeness (QED) is 0.837. The monoisotopic (exact) mass is 354 g/mol. The second kappa shape index (κ2) is 6.59. The van der Waals surface area contributed by atoms with Crippen LogP contribution in [0.3, 0.4) is 0 Å². The molecule has 2 fully saturated rings. The second-order valence-corrected chi connectivity index (χ2v) is 6.92. The second-order valence-electron chi connectivity index (χ2n) is 6.51. The van der Waals surface area contributed by atoms with Crippen molar-refractivity contribution in [2.24, 2.45) is 0 Å². The fourth-order valence-corrected chi connectivity index (χ4v) is 3.69. The normalized spacial score (nSPS) is 23.1. The van der Waals surface area contributed by atoms with E-state index in [0.717, 1.165) is 0 Å². The van der Waals surface area contributed by atoms with Gasteiger partial charge in [-0.05, 0) is 38.0 Å². The van der Waals surface area contributed by atoms with Gasteiger partial charge in [0, 0.05) is 24.5 Å². The van der Waals surface area contributed by atoms with Gasteiger partial charge in [-0.25, -0.2) is 9.18 Å². The molecular weight excluding hydrogens is 335 g/mol. The Bertz CT molecular complexity index is 667. The molecule has 1 aromatic carbocycles. The first-order chi connectivity index (χ1) is 11.4. The fraction of sp³-hybridized carbons (Fsp3) is 0.529. The van der Waals surface area contributed by atoms with Gasteiger partial charge in [-0.15, -0.1) is 0 Å². The molecule has 2 heterocycles. The van der Waals surface area contributed by atoms with Gasteiger partial charge < -0.3 is 14.5 Å². The average Bonchev–Trinajstić information content (AvgIpc) is 3.01. The lowest BCUT2D eigenvalue weighted by atomic mass is 10.1. The summed E-state index contributed by atoms with van der Waals surface area (Å²) in [6, 6.07) is 3.97. The van der Waals surface area contributed by atoms with Crippen LogP contribution in [0.1, 0.15) is 32.3 Å². The van der Waals surface area contributed by atoms with Gasteiger partial charge in [-0.1, -0.05) is 17.7 Å². The summed E-state index contributed by atoms with van der Waals surface area (Å²) in [4.78, 5) is 28.0. The maximum absolute atomic E-state index is 13.2. The van der Waals surface area contributed by atoms with Crippen LogP contribution in [0.2, 0.25) is 5.02 Å². The molecule has 1 aromatic rings. The molecule has 0 unspecified atom stereocenters. The lowest BCUT2D eigenvalue weighted by molar-refractivity contribution is -0.129. The van der Waals surface area contributed by atoms with Crippen LogP contribution >= 0.6 is 11.6 Å². The standard InChI is InChI=1S/C17H20ClFN2O3/c1-10(2)24-17(23)20-6-5-14-15(20)8-16(22)21(14)9-11-3-4-12(19)7-13(11)18/h3-4,7,10,14-15H,5-6,8-9H2,1-2H3/t14-,15-/m0/s1. The fourth-order valence-electron chi connectivity index (χ4n) is 3.46. The molecule has 2 atom stereocenters. The number of carbonyl (C=O) groups is 2. The van der Waals surface area contributed by atoms with Crippen LogP contribution < -0.4 is 0 Å². The highest BCUT2D eigenvalue weighted by atomic mass is 35.5. The Morgan fingerprint density at radius 1 is 1.42 bits per heavy atom. The first-order valence-corrected chi connectivity index (χ1v) is 8.45. The van der Waals surface area contributed by atoms with E-state index < -0.39 is 5.82 Å². The molecule has 0 bridgehead atoms. The maximum atomic E-state index is 13.2. The summed E-state index contributed by atoms with van der Waals surface area (Å²) in [5.74, 6) is -0.426. The van der Waals surface area contributed by atoms with Gasteiger partial charge in [0.15, 0.2) is 0 Å².